The second-order valence-electron chi connectivity index (χ2n) is 20.6. The first-order chi connectivity index (χ1) is 31.5. The van der Waals surface area contributed by atoms with Crippen LogP contribution in [0, 0.1) is 0 Å². The standard InChI is InChI=1S/2C30H60O2.Ba/c2*1-2-3-4-5-6-7-8-9-10-11-12-13-14-15-16-17-18-19-20-21-22-23-24-25-26-27-28-29-30(31)32;/h2*2-29H2,1H3,(H,31,32);/q;;+2/p-2. The Morgan fingerprint density at radius 2 is 0.292 bits per heavy atom. The summed E-state index contributed by atoms with van der Waals surface area (Å²) in [4.78, 5) is 20.7. The van der Waals surface area contributed by atoms with E-state index in [0.29, 0.717) is 0 Å². The van der Waals surface area contributed by atoms with Gasteiger partial charge in [0.05, 0.1) is 0 Å². The van der Waals surface area contributed by atoms with Gasteiger partial charge in [0.25, 0.3) is 0 Å². The molecule has 4 nitrogen and oxygen atoms in total. The number of carbonyl (C=O) groups is 2. The molecule has 0 saturated heterocycles. The molecule has 0 aliphatic heterocycles. The minimum absolute atomic E-state index is 0. The summed E-state index contributed by atoms with van der Waals surface area (Å²) >= 11 is 0. The van der Waals surface area contributed by atoms with Gasteiger partial charge in [0, 0.05) is 11.9 Å². The minimum atomic E-state index is -0.899. The average molecular weight is 1040 g/mol. The van der Waals surface area contributed by atoms with Gasteiger partial charge in [-0.2, -0.15) is 0 Å². The molecule has 384 valence electrons. The van der Waals surface area contributed by atoms with Crippen LogP contribution in [0.1, 0.15) is 373 Å². The summed E-state index contributed by atoms with van der Waals surface area (Å²) in [5.74, 6) is -1.80. The summed E-state index contributed by atoms with van der Waals surface area (Å²) in [6.07, 6.45) is 75.2. The maximum Gasteiger partial charge on any atom is 2.00 e. The number of aliphatic carboxylic acids is 2. The third-order valence-electron chi connectivity index (χ3n) is 14.0. The molecule has 5 heteroatoms. The molecule has 0 atom stereocenters. The summed E-state index contributed by atoms with van der Waals surface area (Å²) in [7, 11) is 0. The predicted octanol–water partition coefficient (Wildman–Crippen LogP) is 19.0. The third-order valence-corrected chi connectivity index (χ3v) is 14.0. The largest absolute Gasteiger partial charge is 2.00 e. The first kappa shape index (κ1) is 69.8. The molecule has 0 N–H and O–H groups in total. The number of carboxylic acid groups (broad SMARTS) is 2. The van der Waals surface area contributed by atoms with E-state index in [1.807, 2.05) is 0 Å². The normalized spacial score (nSPS) is 11.1. The molecule has 0 aromatic heterocycles. The van der Waals surface area contributed by atoms with Crippen LogP contribution in [0.4, 0.5) is 0 Å². The zero-order valence-corrected chi connectivity index (χ0v) is 49.4. The van der Waals surface area contributed by atoms with E-state index in [-0.39, 0.29) is 61.7 Å². The van der Waals surface area contributed by atoms with Gasteiger partial charge < -0.3 is 19.8 Å². The van der Waals surface area contributed by atoms with Crippen molar-refractivity contribution < 1.29 is 19.8 Å². The second-order valence-corrected chi connectivity index (χ2v) is 20.6. The molecule has 0 heterocycles. The Balaban J connectivity index is -0.00000116. The van der Waals surface area contributed by atoms with E-state index in [4.69, 9.17) is 0 Å². The number of hydrogen-bond donors (Lipinski definition) is 0. The van der Waals surface area contributed by atoms with E-state index >= 15 is 0 Å². The summed E-state index contributed by atoms with van der Waals surface area (Å²) < 4.78 is 0. The number of unbranched alkanes of at least 4 members (excludes halogenated alkanes) is 52. The van der Waals surface area contributed by atoms with Crippen molar-refractivity contribution in [2.45, 2.75) is 373 Å². The van der Waals surface area contributed by atoms with Crippen molar-refractivity contribution in [3.63, 3.8) is 0 Å². The fraction of sp³-hybridized carbons (Fsp3) is 0.967. The molecule has 0 bridgehead atoms. The Morgan fingerprint density at radius 1 is 0.200 bits per heavy atom. The van der Waals surface area contributed by atoms with Gasteiger partial charge in [-0.3, -0.25) is 0 Å². The Kier molecular flexibility index (Phi) is 71.5. The molecule has 0 aliphatic rings. The molecule has 0 spiro atoms. The monoisotopic (exact) mass is 1040 g/mol. The van der Waals surface area contributed by atoms with Crippen molar-refractivity contribution in [1.82, 2.24) is 0 Å². The molecule has 0 aromatic carbocycles. The van der Waals surface area contributed by atoms with Gasteiger partial charge in [0.15, 0.2) is 0 Å². The molecular weight excluding hydrogens is 922 g/mol. The maximum atomic E-state index is 10.3. The van der Waals surface area contributed by atoms with E-state index in [2.05, 4.69) is 13.8 Å². The fourth-order valence-electron chi connectivity index (χ4n) is 9.52. The molecule has 0 unspecified atom stereocenters. The molecular formula is C60H118BaO4. The Labute approximate surface area is 450 Å². The number of carboxylic acids is 2. The summed E-state index contributed by atoms with van der Waals surface area (Å²) in [6.45, 7) is 4.59. The summed E-state index contributed by atoms with van der Waals surface area (Å²) in [5, 5.41) is 20.7. The fourth-order valence-corrected chi connectivity index (χ4v) is 9.52. The van der Waals surface area contributed by atoms with Crippen molar-refractivity contribution >= 4 is 60.8 Å². The second kappa shape index (κ2) is 66.6. The molecule has 0 aliphatic carbocycles. The van der Waals surface area contributed by atoms with Gasteiger partial charge in [-0.1, -0.05) is 348 Å². The van der Waals surface area contributed by atoms with E-state index < -0.39 is 11.9 Å². The average Bonchev–Trinajstić information content (AvgIpc) is 3.28. The van der Waals surface area contributed by atoms with Crippen molar-refractivity contribution in [3.05, 3.63) is 0 Å². The Hall–Kier alpha value is 0.511. The molecule has 0 amide bonds. The SMILES string of the molecule is CCCCCCCCCCCCCCCCCCCCCCCCCCCCCC(=O)[O-].CCCCCCCCCCCCCCCCCCCCCCCCCCCCCC(=O)[O-].[Ba+2]. The molecule has 0 saturated carbocycles. The number of rotatable bonds is 56. The molecule has 0 fully saturated rings. The van der Waals surface area contributed by atoms with Gasteiger partial charge in [-0.05, 0) is 25.7 Å². The molecule has 65 heavy (non-hydrogen) atoms. The van der Waals surface area contributed by atoms with Gasteiger partial charge in [0.1, 0.15) is 0 Å². The zero-order chi connectivity index (χ0) is 46.8. The van der Waals surface area contributed by atoms with Crippen LogP contribution >= 0.6 is 0 Å². The first-order valence-electron chi connectivity index (χ1n) is 29.9. The minimum Gasteiger partial charge on any atom is -0.550 e. The van der Waals surface area contributed by atoms with E-state index in [0.717, 1.165) is 25.7 Å². The van der Waals surface area contributed by atoms with Crippen LogP contribution < -0.4 is 10.2 Å². The molecule has 0 rings (SSSR count). The summed E-state index contributed by atoms with van der Waals surface area (Å²) in [6, 6.07) is 0. The van der Waals surface area contributed by atoms with Gasteiger partial charge in [-0.15, -0.1) is 0 Å². The van der Waals surface area contributed by atoms with E-state index in [1.165, 1.54) is 321 Å². The smallest absolute Gasteiger partial charge is 0.550 e. The van der Waals surface area contributed by atoms with Crippen molar-refractivity contribution in [2.75, 3.05) is 0 Å². The van der Waals surface area contributed by atoms with Crippen LogP contribution in [-0.4, -0.2) is 60.8 Å². The van der Waals surface area contributed by atoms with Crippen LogP contribution in [0.25, 0.3) is 0 Å². The van der Waals surface area contributed by atoms with Gasteiger partial charge in [-0.25, -0.2) is 0 Å². The third kappa shape index (κ3) is 73.6. The van der Waals surface area contributed by atoms with Crippen molar-refractivity contribution in [1.29, 1.82) is 0 Å². The van der Waals surface area contributed by atoms with Crippen LogP contribution in [0.15, 0.2) is 0 Å². The Bertz CT molecular complexity index is 781. The van der Waals surface area contributed by atoms with E-state index in [9.17, 15) is 19.8 Å². The number of hydrogen-bond acceptors (Lipinski definition) is 4. The Morgan fingerprint density at radius 3 is 0.385 bits per heavy atom. The van der Waals surface area contributed by atoms with Crippen LogP contribution in [0.2, 0.25) is 0 Å². The summed E-state index contributed by atoms with van der Waals surface area (Å²) in [5.41, 5.74) is 0. The number of carbonyl (C=O) groups excluding carboxylic acids is 2. The van der Waals surface area contributed by atoms with Crippen LogP contribution in [-0.2, 0) is 9.59 Å². The van der Waals surface area contributed by atoms with Crippen LogP contribution in [0.3, 0.4) is 0 Å². The molecule has 0 aromatic rings. The van der Waals surface area contributed by atoms with Gasteiger partial charge >= 0.3 is 48.9 Å². The van der Waals surface area contributed by atoms with E-state index in [1.54, 1.807) is 0 Å². The quantitative estimate of drug-likeness (QED) is 0.0449. The first-order valence-corrected chi connectivity index (χ1v) is 29.9. The molecule has 0 radical (unpaired) electrons. The maximum absolute atomic E-state index is 10.3. The van der Waals surface area contributed by atoms with Gasteiger partial charge in [0.2, 0.25) is 0 Å². The van der Waals surface area contributed by atoms with Crippen molar-refractivity contribution in [3.8, 4) is 0 Å². The van der Waals surface area contributed by atoms with Crippen LogP contribution in [0.5, 0.6) is 0 Å². The zero-order valence-electron chi connectivity index (χ0n) is 44.9. The van der Waals surface area contributed by atoms with Crippen molar-refractivity contribution in [2.24, 2.45) is 0 Å². The topological polar surface area (TPSA) is 80.3 Å². The predicted molar refractivity (Wildman–Crippen MR) is 286 cm³/mol.